The number of hydrogen-bond donors (Lipinski definition) is 0. The van der Waals surface area contributed by atoms with E-state index in [1.165, 1.54) is 77.9 Å². The molecule has 0 saturated carbocycles. The Kier molecular flexibility index (Phi) is 8.13. The van der Waals surface area contributed by atoms with Crippen LogP contribution in [-0.4, -0.2) is 0 Å². The third-order valence-corrected chi connectivity index (χ3v) is 12.9. The standard InChI is InChI=1S/C58H43N/c1-57(2)53-28-16-17-29-54(53)58(51-26-14-12-24-49(51)50-25-13-15-27-52(50)58)55-35-32-43(39-56(55)57)42-30-33-47(34-31-42)59(46-22-10-5-11-23-46)48-37-44(40-18-6-3-7-19-40)36-45(38-48)41-20-8-4-9-21-41/h3-39H,1-2H3. The summed E-state index contributed by atoms with van der Waals surface area (Å²) >= 11 is 0. The van der Waals surface area contributed by atoms with Crippen LogP contribution in [0, 0.1) is 0 Å². The van der Waals surface area contributed by atoms with Crippen LogP contribution >= 0.6 is 0 Å². The number of fused-ring (bicyclic) bond motifs is 9. The second-order valence-electron chi connectivity index (χ2n) is 16.5. The Balaban J connectivity index is 1.05. The van der Waals surface area contributed by atoms with Gasteiger partial charge >= 0.3 is 0 Å². The maximum absolute atomic E-state index is 2.48. The quantitative estimate of drug-likeness (QED) is 0.163. The summed E-state index contributed by atoms with van der Waals surface area (Å²) in [5.74, 6) is 0. The molecule has 0 unspecified atom stereocenters. The van der Waals surface area contributed by atoms with Crippen molar-refractivity contribution in [2.24, 2.45) is 0 Å². The first kappa shape index (κ1) is 35.0. The minimum Gasteiger partial charge on any atom is -0.310 e. The van der Waals surface area contributed by atoms with Crippen molar-refractivity contribution in [3.05, 3.63) is 258 Å². The number of nitrogens with zero attached hydrogens (tertiary/aromatic N) is 1. The van der Waals surface area contributed by atoms with Crippen molar-refractivity contribution < 1.29 is 0 Å². The van der Waals surface area contributed by atoms with Gasteiger partial charge in [-0.15, -0.1) is 0 Å². The molecule has 2 aliphatic rings. The molecule has 1 nitrogen and oxygen atoms in total. The Labute approximate surface area is 347 Å². The molecular weight excluding hydrogens is 711 g/mol. The molecule has 280 valence electrons. The molecule has 1 heteroatoms. The molecule has 11 rings (SSSR count). The van der Waals surface area contributed by atoms with E-state index in [0.717, 1.165) is 17.1 Å². The summed E-state index contributed by atoms with van der Waals surface area (Å²) < 4.78 is 0. The minimum absolute atomic E-state index is 0.204. The van der Waals surface area contributed by atoms with Gasteiger partial charge in [0.2, 0.25) is 0 Å². The van der Waals surface area contributed by atoms with Gasteiger partial charge in [-0.3, -0.25) is 0 Å². The van der Waals surface area contributed by atoms with E-state index in [2.05, 4.69) is 243 Å². The number of anilines is 3. The van der Waals surface area contributed by atoms with E-state index in [4.69, 9.17) is 0 Å². The lowest BCUT2D eigenvalue weighted by molar-refractivity contribution is 0.563. The van der Waals surface area contributed by atoms with Crippen molar-refractivity contribution in [2.75, 3.05) is 4.90 Å². The summed E-state index contributed by atoms with van der Waals surface area (Å²) in [6.45, 7) is 4.81. The molecule has 0 amide bonds. The predicted molar refractivity (Wildman–Crippen MR) is 247 cm³/mol. The largest absolute Gasteiger partial charge is 0.310 e. The van der Waals surface area contributed by atoms with Gasteiger partial charge in [-0.25, -0.2) is 0 Å². The van der Waals surface area contributed by atoms with E-state index >= 15 is 0 Å². The SMILES string of the molecule is CC1(C)c2ccccc2C2(c3ccccc3-c3ccccc32)c2ccc(-c3ccc(N(c4ccccc4)c4cc(-c5ccccc5)cc(-c5ccccc5)c4)cc3)cc21. The van der Waals surface area contributed by atoms with Crippen molar-refractivity contribution in [1.29, 1.82) is 0 Å². The highest BCUT2D eigenvalue weighted by molar-refractivity contribution is 5.90. The first-order chi connectivity index (χ1) is 29.0. The molecule has 0 heterocycles. The Bertz CT molecular complexity index is 2890. The van der Waals surface area contributed by atoms with Crippen molar-refractivity contribution in [2.45, 2.75) is 24.7 Å². The first-order valence-electron chi connectivity index (χ1n) is 20.7. The molecule has 0 N–H and O–H groups in total. The Morgan fingerprint density at radius 3 is 1.27 bits per heavy atom. The van der Waals surface area contributed by atoms with E-state index in [1.54, 1.807) is 0 Å². The minimum atomic E-state index is -0.389. The molecular formula is C58H43N. The second kappa shape index (κ2) is 13.7. The zero-order valence-corrected chi connectivity index (χ0v) is 33.3. The van der Waals surface area contributed by atoms with Gasteiger partial charge in [0.05, 0.1) is 5.41 Å². The fourth-order valence-corrected chi connectivity index (χ4v) is 10.2. The lowest BCUT2D eigenvalue weighted by Crippen LogP contribution is -2.40. The van der Waals surface area contributed by atoms with E-state index in [0.29, 0.717) is 0 Å². The molecule has 1 spiro atoms. The highest BCUT2D eigenvalue weighted by atomic mass is 15.1. The van der Waals surface area contributed by atoms with Gasteiger partial charge in [-0.2, -0.15) is 0 Å². The number of rotatable bonds is 6. The van der Waals surface area contributed by atoms with Crippen LogP contribution in [0.1, 0.15) is 47.2 Å². The first-order valence-corrected chi connectivity index (χ1v) is 20.7. The maximum atomic E-state index is 2.48. The van der Waals surface area contributed by atoms with Crippen LogP contribution in [0.15, 0.2) is 224 Å². The number of hydrogen-bond acceptors (Lipinski definition) is 1. The summed E-state index contributed by atoms with van der Waals surface area (Å²) in [6.07, 6.45) is 0. The lowest BCUT2D eigenvalue weighted by atomic mass is 9.55. The van der Waals surface area contributed by atoms with Crippen molar-refractivity contribution in [3.63, 3.8) is 0 Å². The molecule has 0 atom stereocenters. The Morgan fingerprint density at radius 1 is 0.271 bits per heavy atom. The molecule has 0 saturated heterocycles. The molecule has 9 aromatic rings. The molecule has 0 radical (unpaired) electrons. The molecule has 0 fully saturated rings. The Hall–Kier alpha value is -7.22. The van der Waals surface area contributed by atoms with Gasteiger partial charge in [-0.1, -0.05) is 190 Å². The number of para-hydroxylation sites is 1. The summed E-state index contributed by atoms with van der Waals surface area (Å²) in [5.41, 5.74) is 20.8. The van der Waals surface area contributed by atoms with Gasteiger partial charge < -0.3 is 4.90 Å². The van der Waals surface area contributed by atoms with Crippen LogP contribution in [0.3, 0.4) is 0 Å². The molecule has 0 bridgehead atoms. The summed E-state index contributed by atoms with van der Waals surface area (Å²) in [5, 5.41) is 0. The van der Waals surface area contributed by atoms with Crippen molar-refractivity contribution in [1.82, 2.24) is 0 Å². The van der Waals surface area contributed by atoms with Crippen LogP contribution in [0.5, 0.6) is 0 Å². The monoisotopic (exact) mass is 753 g/mol. The van der Waals surface area contributed by atoms with Gasteiger partial charge in [0.15, 0.2) is 0 Å². The maximum Gasteiger partial charge on any atom is 0.0719 e. The third kappa shape index (κ3) is 5.46. The van der Waals surface area contributed by atoms with Gasteiger partial charge in [-0.05, 0) is 126 Å². The van der Waals surface area contributed by atoms with Gasteiger partial charge in [0, 0.05) is 22.5 Å². The van der Waals surface area contributed by atoms with Crippen molar-refractivity contribution in [3.8, 4) is 44.5 Å². The lowest BCUT2D eigenvalue weighted by Gasteiger charge is -2.46. The summed E-state index contributed by atoms with van der Waals surface area (Å²) in [7, 11) is 0. The van der Waals surface area contributed by atoms with Crippen LogP contribution < -0.4 is 4.90 Å². The highest BCUT2D eigenvalue weighted by Gasteiger charge is 2.53. The molecule has 2 aliphatic carbocycles. The molecule has 59 heavy (non-hydrogen) atoms. The van der Waals surface area contributed by atoms with Gasteiger partial charge in [0.25, 0.3) is 0 Å². The molecule has 9 aromatic carbocycles. The number of benzene rings is 9. The fourth-order valence-electron chi connectivity index (χ4n) is 10.2. The zero-order chi connectivity index (χ0) is 39.6. The highest BCUT2D eigenvalue weighted by Crippen LogP contribution is 2.62. The van der Waals surface area contributed by atoms with E-state index in [9.17, 15) is 0 Å². The molecule has 0 aromatic heterocycles. The topological polar surface area (TPSA) is 3.24 Å². The van der Waals surface area contributed by atoms with Gasteiger partial charge in [0.1, 0.15) is 0 Å². The summed E-state index contributed by atoms with van der Waals surface area (Å²) in [4.78, 5) is 2.38. The van der Waals surface area contributed by atoms with E-state index in [1.807, 2.05) is 0 Å². The third-order valence-electron chi connectivity index (χ3n) is 12.9. The van der Waals surface area contributed by atoms with E-state index < -0.39 is 0 Å². The van der Waals surface area contributed by atoms with Crippen LogP contribution in [0.2, 0.25) is 0 Å². The van der Waals surface area contributed by atoms with Crippen molar-refractivity contribution >= 4 is 17.1 Å². The second-order valence-corrected chi connectivity index (χ2v) is 16.5. The van der Waals surface area contributed by atoms with Crippen LogP contribution in [0.4, 0.5) is 17.1 Å². The van der Waals surface area contributed by atoms with Crippen LogP contribution in [0.25, 0.3) is 44.5 Å². The molecule has 0 aliphatic heterocycles. The zero-order valence-electron chi connectivity index (χ0n) is 33.3. The fraction of sp³-hybridized carbons (Fsp3) is 0.0690. The van der Waals surface area contributed by atoms with E-state index in [-0.39, 0.29) is 10.8 Å². The Morgan fingerprint density at radius 2 is 0.695 bits per heavy atom. The van der Waals surface area contributed by atoms with Crippen LogP contribution in [-0.2, 0) is 10.8 Å². The summed E-state index contributed by atoms with van der Waals surface area (Å²) in [6, 6.07) is 82.8. The average Bonchev–Trinajstić information content (AvgIpc) is 3.60. The smallest absolute Gasteiger partial charge is 0.0719 e. The normalized spacial score (nSPS) is 13.9. The average molecular weight is 754 g/mol. The predicted octanol–water partition coefficient (Wildman–Crippen LogP) is 15.2.